The van der Waals surface area contributed by atoms with Crippen LogP contribution in [0, 0.1) is 12.8 Å². The van der Waals surface area contributed by atoms with Crippen molar-refractivity contribution < 1.29 is 0 Å². The zero-order valence-electron chi connectivity index (χ0n) is 13.3. The SMILES string of the molecule is Cc1ccc2c(c1)C=C(Br)c1cccnc1C2C1CCNCC1. The Bertz CT molecular complexity index is 760. The van der Waals surface area contributed by atoms with Gasteiger partial charge in [0.25, 0.3) is 0 Å². The number of hydrogen-bond acceptors (Lipinski definition) is 2. The lowest BCUT2D eigenvalue weighted by molar-refractivity contribution is 0.339. The van der Waals surface area contributed by atoms with Gasteiger partial charge >= 0.3 is 0 Å². The molecule has 2 aromatic rings. The zero-order valence-corrected chi connectivity index (χ0v) is 14.9. The summed E-state index contributed by atoms with van der Waals surface area (Å²) in [6.07, 6.45) is 6.63. The van der Waals surface area contributed by atoms with Gasteiger partial charge in [0.05, 0.1) is 5.69 Å². The summed E-state index contributed by atoms with van der Waals surface area (Å²) in [4.78, 5) is 4.82. The molecule has 1 aromatic heterocycles. The largest absolute Gasteiger partial charge is 0.317 e. The fourth-order valence-electron chi connectivity index (χ4n) is 3.99. The van der Waals surface area contributed by atoms with E-state index in [2.05, 4.69) is 58.5 Å². The normalized spacial score (nSPS) is 21.1. The highest BCUT2D eigenvalue weighted by atomic mass is 79.9. The summed E-state index contributed by atoms with van der Waals surface area (Å²) >= 11 is 3.79. The lowest BCUT2D eigenvalue weighted by atomic mass is 9.76. The van der Waals surface area contributed by atoms with Crippen LogP contribution in [0.25, 0.3) is 10.6 Å². The number of nitrogens with zero attached hydrogens (tertiary/aromatic N) is 1. The summed E-state index contributed by atoms with van der Waals surface area (Å²) in [6.45, 7) is 4.39. The Morgan fingerprint density at radius 1 is 1.17 bits per heavy atom. The minimum atomic E-state index is 0.384. The van der Waals surface area contributed by atoms with Gasteiger partial charge in [-0.3, -0.25) is 4.98 Å². The van der Waals surface area contributed by atoms with E-state index in [1.807, 2.05) is 12.3 Å². The van der Waals surface area contributed by atoms with Crippen LogP contribution in [0.4, 0.5) is 0 Å². The first-order chi connectivity index (χ1) is 11.2. The molecule has 0 bridgehead atoms. The van der Waals surface area contributed by atoms with Crippen LogP contribution in [0.3, 0.4) is 0 Å². The van der Waals surface area contributed by atoms with Crippen molar-refractivity contribution in [2.24, 2.45) is 5.92 Å². The molecule has 1 unspecified atom stereocenters. The lowest BCUT2D eigenvalue weighted by Gasteiger charge is -2.32. The molecule has 0 saturated carbocycles. The second-order valence-corrected chi connectivity index (χ2v) is 7.48. The highest BCUT2D eigenvalue weighted by molar-refractivity contribution is 9.15. The average Bonchev–Trinajstić information content (AvgIpc) is 2.70. The molecule has 1 fully saturated rings. The molecule has 4 rings (SSSR count). The molecule has 1 aromatic carbocycles. The van der Waals surface area contributed by atoms with E-state index in [-0.39, 0.29) is 0 Å². The van der Waals surface area contributed by atoms with E-state index in [0.717, 1.165) is 17.6 Å². The predicted octanol–water partition coefficient (Wildman–Crippen LogP) is 4.73. The van der Waals surface area contributed by atoms with Gasteiger partial charge in [0.15, 0.2) is 0 Å². The summed E-state index contributed by atoms with van der Waals surface area (Å²) in [5, 5.41) is 3.49. The molecule has 2 aliphatic rings. The van der Waals surface area contributed by atoms with Gasteiger partial charge in [-0.2, -0.15) is 0 Å². The van der Waals surface area contributed by atoms with Crippen LogP contribution >= 0.6 is 15.9 Å². The van der Waals surface area contributed by atoms with Crippen LogP contribution in [-0.2, 0) is 0 Å². The van der Waals surface area contributed by atoms with E-state index in [1.54, 1.807) is 0 Å². The molecule has 2 nitrogen and oxygen atoms in total. The van der Waals surface area contributed by atoms with Crippen molar-refractivity contribution in [1.29, 1.82) is 0 Å². The van der Waals surface area contributed by atoms with Crippen molar-refractivity contribution >= 4 is 26.5 Å². The molecule has 0 amide bonds. The fraction of sp³-hybridized carbons (Fsp3) is 0.350. The number of pyridine rings is 1. The summed E-state index contributed by atoms with van der Waals surface area (Å²) in [5.41, 5.74) is 6.54. The van der Waals surface area contributed by atoms with E-state index in [1.165, 1.54) is 40.8 Å². The zero-order chi connectivity index (χ0) is 15.8. The topological polar surface area (TPSA) is 24.9 Å². The molecule has 2 heterocycles. The van der Waals surface area contributed by atoms with Crippen LogP contribution < -0.4 is 5.32 Å². The van der Waals surface area contributed by atoms with E-state index >= 15 is 0 Å². The van der Waals surface area contributed by atoms with Crippen LogP contribution in [-0.4, -0.2) is 18.1 Å². The van der Waals surface area contributed by atoms with Crippen molar-refractivity contribution in [3.63, 3.8) is 0 Å². The van der Waals surface area contributed by atoms with Crippen molar-refractivity contribution in [1.82, 2.24) is 10.3 Å². The molecule has 3 heteroatoms. The number of aryl methyl sites for hydroxylation is 1. The molecule has 23 heavy (non-hydrogen) atoms. The van der Waals surface area contributed by atoms with Crippen molar-refractivity contribution in [2.75, 3.05) is 13.1 Å². The van der Waals surface area contributed by atoms with Gasteiger partial charge in [-0.25, -0.2) is 0 Å². The minimum absolute atomic E-state index is 0.384. The van der Waals surface area contributed by atoms with Crippen molar-refractivity contribution in [2.45, 2.75) is 25.7 Å². The molecule has 118 valence electrons. The third-order valence-electron chi connectivity index (χ3n) is 5.11. The number of hydrogen-bond donors (Lipinski definition) is 1. The highest BCUT2D eigenvalue weighted by Gasteiger charge is 2.32. The van der Waals surface area contributed by atoms with E-state index in [4.69, 9.17) is 4.98 Å². The molecule has 0 radical (unpaired) electrons. The maximum absolute atomic E-state index is 4.82. The van der Waals surface area contributed by atoms with E-state index in [9.17, 15) is 0 Å². The second kappa shape index (κ2) is 6.21. The number of rotatable bonds is 1. The van der Waals surface area contributed by atoms with E-state index in [0.29, 0.717) is 11.8 Å². The molecule has 1 aliphatic carbocycles. The van der Waals surface area contributed by atoms with Gasteiger partial charge in [-0.05, 0) is 62.0 Å². The molecule has 1 atom stereocenters. The Morgan fingerprint density at radius 3 is 2.83 bits per heavy atom. The summed E-state index contributed by atoms with van der Waals surface area (Å²) < 4.78 is 1.14. The predicted molar refractivity (Wildman–Crippen MR) is 99.7 cm³/mol. The first-order valence-electron chi connectivity index (χ1n) is 8.38. The third kappa shape index (κ3) is 2.77. The Balaban J connectivity index is 1.93. The van der Waals surface area contributed by atoms with Crippen LogP contribution in [0.1, 0.15) is 46.7 Å². The van der Waals surface area contributed by atoms with Crippen LogP contribution in [0.5, 0.6) is 0 Å². The number of halogens is 1. The van der Waals surface area contributed by atoms with E-state index < -0.39 is 0 Å². The molecule has 1 saturated heterocycles. The van der Waals surface area contributed by atoms with Gasteiger partial charge in [0.1, 0.15) is 0 Å². The number of aromatic nitrogens is 1. The number of piperidine rings is 1. The average molecular weight is 369 g/mol. The number of benzene rings is 1. The van der Waals surface area contributed by atoms with Crippen LogP contribution in [0.2, 0.25) is 0 Å². The number of fused-ring (bicyclic) bond motifs is 2. The van der Waals surface area contributed by atoms with Crippen LogP contribution in [0.15, 0.2) is 36.5 Å². The van der Waals surface area contributed by atoms with Gasteiger partial charge in [0.2, 0.25) is 0 Å². The molecular formula is C20H21BrN2. The van der Waals surface area contributed by atoms with Crippen molar-refractivity contribution in [3.8, 4) is 0 Å². The molecule has 1 aliphatic heterocycles. The Labute approximate surface area is 146 Å². The Kier molecular flexibility index (Phi) is 4.08. The minimum Gasteiger partial charge on any atom is -0.317 e. The highest BCUT2D eigenvalue weighted by Crippen LogP contribution is 2.44. The first kappa shape index (κ1) is 15.1. The Morgan fingerprint density at radius 2 is 2.00 bits per heavy atom. The standard InChI is InChI=1S/C20H21BrN2/c1-13-4-5-16-15(11-13)12-18(21)17-3-2-8-23-20(17)19(16)14-6-9-22-10-7-14/h2-5,8,11-12,14,19,22H,6-7,9-10H2,1H3. The lowest BCUT2D eigenvalue weighted by Crippen LogP contribution is -2.32. The monoisotopic (exact) mass is 368 g/mol. The fourth-order valence-corrected chi connectivity index (χ4v) is 4.57. The second-order valence-electron chi connectivity index (χ2n) is 6.63. The quantitative estimate of drug-likeness (QED) is 0.786. The maximum atomic E-state index is 4.82. The third-order valence-corrected chi connectivity index (χ3v) is 5.76. The van der Waals surface area contributed by atoms with Gasteiger partial charge in [-0.15, -0.1) is 0 Å². The summed E-state index contributed by atoms with van der Waals surface area (Å²) in [6, 6.07) is 11.1. The Hall–Kier alpha value is -1.45. The number of nitrogens with one attached hydrogen (secondary N) is 1. The van der Waals surface area contributed by atoms with Gasteiger partial charge < -0.3 is 5.32 Å². The summed E-state index contributed by atoms with van der Waals surface area (Å²) in [5.74, 6) is 1.04. The maximum Gasteiger partial charge on any atom is 0.0564 e. The molecule has 1 N–H and O–H groups in total. The smallest absolute Gasteiger partial charge is 0.0564 e. The van der Waals surface area contributed by atoms with Crippen molar-refractivity contribution in [3.05, 3.63) is 64.5 Å². The molecule has 0 spiro atoms. The summed E-state index contributed by atoms with van der Waals surface area (Å²) in [7, 11) is 0. The molecular weight excluding hydrogens is 348 g/mol. The first-order valence-corrected chi connectivity index (χ1v) is 9.17. The van der Waals surface area contributed by atoms with Gasteiger partial charge in [-0.1, -0.05) is 45.8 Å². The van der Waals surface area contributed by atoms with Gasteiger partial charge in [0, 0.05) is 22.2 Å².